The van der Waals surface area contributed by atoms with Crippen molar-refractivity contribution in [3.8, 4) is 17.0 Å². The molecule has 2 heterocycles. The third-order valence-corrected chi connectivity index (χ3v) is 2.65. The number of aromatic amines is 1. The number of H-pyrrole nitrogens is 1. The highest BCUT2D eigenvalue weighted by molar-refractivity contribution is 5.71. The lowest BCUT2D eigenvalue weighted by Crippen LogP contribution is -2.13. The van der Waals surface area contributed by atoms with Crippen LogP contribution in [-0.2, 0) is 14.1 Å². The molecule has 0 amide bonds. The van der Waals surface area contributed by atoms with Crippen molar-refractivity contribution >= 4 is 0 Å². The third-order valence-electron chi connectivity index (χ3n) is 2.65. The molecule has 0 atom stereocenters. The number of nitrogens with zero attached hydrogens (tertiary/aromatic N) is 3. The number of nitrogens with one attached hydrogen (secondary N) is 1. The van der Waals surface area contributed by atoms with Crippen LogP contribution in [0.3, 0.4) is 0 Å². The summed E-state index contributed by atoms with van der Waals surface area (Å²) in [6, 6.07) is 0. The Morgan fingerprint density at radius 3 is 2.25 bits per heavy atom. The zero-order chi connectivity index (χ0) is 12.0. The molecule has 86 valence electrons. The van der Waals surface area contributed by atoms with E-state index in [1.807, 2.05) is 0 Å². The zero-order valence-corrected chi connectivity index (χ0v) is 9.66. The smallest absolute Gasteiger partial charge is 0.274 e. The van der Waals surface area contributed by atoms with E-state index in [1.165, 1.54) is 9.36 Å². The Labute approximate surface area is 92.1 Å². The highest BCUT2D eigenvalue weighted by Crippen LogP contribution is 2.29. The molecule has 16 heavy (non-hydrogen) atoms. The van der Waals surface area contributed by atoms with Gasteiger partial charge in [0.2, 0.25) is 0 Å². The molecule has 2 rings (SSSR count). The topological polar surface area (TPSA) is 78.7 Å². The normalized spacial score (nSPS) is 11.0. The molecule has 0 unspecified atom stereocenters. The van der Waals surface area contributed by atoms with E-state index in [-0.39, 0.29) is 11.4 Å². The summed E-state index contributed by atoms with van der Waals surface area (Å²) in [6.07, 6.45) is 0. The first kappa shape index (κ1) is 10.5. The number of hydrogen-bond acceptors (Lipinski definition) is 3. The van der Waals surface area contributed by atoms with Gasteiger partial charge in [0.25, 0.3) is 5.56 Å². The van der Waals surface area contributed by atoms with Gasteiger partial charge >= 0.3 is 0 Å². The molecule has 6 heteroatoms. The Morgan fingerprint density at radius 2 is 1.88 bits per heavy atom. The number of hydrogen-bond donors (Lipinski definition) is 1. The Morgan fingerprint density at radius 1 is 1.25 bits per heavy atom. The maximum absolute atomic E-state index is 11.9. The van der Waals surface area contributed by atoms with Crippen LogP contribution in [0.5, 0.6) is 5.88 Å². The van der Waals surface area contributed by atoms with Gasteiger partial charge in [-0.25, -0.2) is 0 Å². The average Bonchev–Trinajstić information content (AvgIpc) is 2.57. The van der Waals surface area contributed by atoms with E-state index in [4.69, 9.17) is 0 Å². The molecule has 0 saturated heterocycles. The Bertz CT molecular complexity index is 603. The predicted octanol–water partition coefficient (Wildman–Crippen LogP) is -0.196. The quantitative estimate of drug-likeness (QED) is 0.724. The van der Waals surface area contributed by atoms with Crippen molar-refractivity contribution in [2.75, 3.05) is 0 Å². The minimum Gasteiger partial charge on any atom is -0.858 e. The van der Waals surface area contributed by atoms with Crippen molar-refractivity contribution in [1.29, 1.82) is 0 Å². The molecule has 1 N–H and O–H groups in total. The van der Waals surface area contributed by atoms with Gasteiger partial charge in [-0.1, -0.05) is 0 Å². The van der Waals surface area contributed by atoms with E-state index in [0.29, 0.717) is 22.5 Å². The fraction of sp³-hybridized carbons (Fsp3) is 0.400. The van der Waals surface area contributed by atoms with E-state index in [1.54, 1.807) is 27.9 Å². The van der Waals surface area contributed by atoms with Crippen LogP contribution < -0.4 is 10.7 Å². The maximum Gasteiger partial charge on any atom is 0.274 e. The number of rotatable bonds is 1. The molecule has 6 nitrogen and oxygen atoms in total. The minimum absolute atomic E-state index is 0.203. The highest BCUT2D eigenvalue weighted by atomic mass is 16.3. The molecule has 0 fully saturated rings. The fourth-order valence-corrected chi connectivity index (χ4v) is 1.91. The van der Waals surface area contributed by atoms with E-state index in [2.05, 4.69) is 10.2 Å². The van der Waals surface area contributed by atoms with Crippen LogP contribution in [0, 0.1) is 13.8 Å². The summed E-state index contributed by atoms with van der Waals surface area (Å²) in [7, 11) is 3.19. The molecule has 2 aromatic rings. The SMILES string of the molecule is Cc1nn(C)c([O-])c1-c1c(C)[nH]n(C)c1=O. The van der Waals surface area contributed by atoms with Crippen molar-refractivity contribution in [2.45, 2.75) is 13.8 Å². The Kier molecular flexibility index (Phi) is 2.15. The largest absolute Gasteiger partial charge is 0.858 e. The van der Waals surface area contributed by atoms with Gasteiger partial charge in [-0.05, 0) is 19.7 Å². The summed E-state index contributed by atoms with van der Waals surface area (Å²) in [5, 5.41) is 18.7. The van der Waals surface area contributed by atoms with Crippen LogP contribution >= 0.6 is 0 Å². The lowest BCUT2D eigenvalue weighted by Gasteiger charge is -2.08. The summed E-state index contributed by atoms with van der Waals surface area (Å²) in [5.74, 6) is -0.239. The maximum atomic E-state index is 11.9. The van der Waals surface area contributed by atoms with Crippen LogP contribution in [0.2, 0.25) is 0 Å². The van der Waals surface area contributed by atoms with Crippen molar-refractivity contribution in [3.63, 3.8) is 0 Å². The highest BCUT2D eigenvalue weighted by Gasteiger charge is 2.17. The molecule has 0 aliphatic carbocycles. The molecular weight excluding hydrogens is 208 g/mol. The predicted molar refractivity (Wildman–Crippen MR) is 57.2 cm³/mol. The van der Waals surface area contributed by atoms with E-state index in [0.717, 1.165) is 0 Å². The van der Waals surface area contributed by atoms with Crippen LogP contribution in [-0.4, -0.2) is 19.6 Å². The Hall–Kier alpha value is -1.98. The summed E-state index contributed by atoms with van der Waals surface area (Å²) >= 11 is 0. The molecule has 0 bridgehead atoms. The van der Waals surface area contributed by atoms with Crippen LogP contribution in [0.15, 0.2) is 4.79 Å². The summed E-state index contributed by atoms with van der Waals surface area (Å²) in [5.41, 5.74) is 1.86. The first-order valence-corrected chi connectivity index (χ1v) is 4.90. The van der Waals surface area contributed by atoms with Gasteiger partial charge in [-0.15, -0.1) is 0 Å². The second kappa shape index (κ2) is 3.26. The monoisotopic (exact) mass is 221 g/mol. The third kappa shape index (κ3) is 1.26. The molecule has 0 aromatic carbocycles. The second-order valence-electron chi connectivity index (χ2n) is 3.87. The molecule has 0 aliphatic heterocycles. The molecule has 2 aromatic heterocycles. The lowest BCUT2D eigenvalue weighted by atomic mass is 10.1. The number of aryl methyl sites for hydroxylation is 4. The van der Waals surface area contributed by atoms with E-state index >= 15 is 0 Å². The van der Waals surface area contributed by atoms with Gasteiger partial charge in [-0.2, -0.15) is 5.10 Å². The summed E-state index contributed by atoms with van der Waals surface area (Å²) < 4.78 is 2.60. The average molecular weight is 221 g/mol. The van der Waals surface area contributed by atoms with Gasteiger partial charge in [-0.3, -0.25) is 19.3 Å². The van der Waals surface area contributed by atoms with Gasteiger partial charge in [0.15, 0.2) is 0 Å². The second-order valence-corrected chi connectivity index (χ2v) is 3.87. The first-order chi connectivity index (χ1) is 7.43. The molecule has 0 spiro atoms. The van der Waals surface area contributed by atoms with Crippen LogP contribution in [0.25, 0.3) is 11.1 Å². The molecule has 0 aliphatic rings. The first-order valence-electron chi connectivity index (χ1n) is 4.90. The summed E-state index contributed by atoms with van der Waals surface area (Å²) in [6.45, 7) is 3.49. The molecular formula is C10H13N4O2-. The van der Waals surface area contributed by atoms with Gasteiger partial charge in [0, 0.05) is 25.4 Å². The fourth-order valence-electron chi connectivity index (χ4n) is 1.91. The summed E-state index contributed by atoms with van der Waals surface area (Å²) in [4.78, 5) is 11.9. The van der Waals surface area contributed by atoms with Crippen molar-refractivity contribution < 1.29 is 5.11 Å². The standard InChI is InChI=1S/C10H14N4O2/c1-5-7(9(15)13(3)11-5)8-6(2)12-14(4)10(8)16/h11,16H,1-4H3/p-1. The van der Waals surface area contributed by atoms with Crippen molar-refractivity contribution in [1.82, 2.24) is 19.6 Å². The minimum atomic E-state index is -0.239. The number of aromatic nitrogens is 4. The van der Waals surface area contributed by atoms with Gasteiger partial charge in [0.05, 0.1) is 11.3 Å². The zero-order valence-electron chi connectivity index (χ0n) is 9.66. The lowest BCUT2D eigenvalue weighted by molar-refractivity contribution is -0.278. The molecule has 0 saturated carbocycles. The van der Waals surface area contributed by atoms with Crippen LogP contribution in [0.4, 0.5) is 0 Å². The van der Waals surface area contributed by atoms with Crippen molar-refractivity contribution in [2.24, 2.45) is 14.1 Å². The van der Waals surface area contributed by atoms with Crippen LogP contribution in [0.1, 0.15) is 11.4 Å². The van der Waals surface area contributed by atoms with Gasteiger partial charge in [0.1, 0.15) is 0 Å². The Balaban J connectivity index is 2.82. The molecule has 0 radical (unpaired) electrons. The van der Waals surface area contributed by atoms with E-state index in [9.17, 15) is 9.90 Å². The van der Waals surface area contributed by atoms with Gasteiger partial charge < -0.3 is 5.11 Å². The van der Waals surface area contributed by atoms with E-state index < -0.39 is 0 Å². The van der Waals surface area contributed by atoms with Crippen molar-refractivity contribution in [3.05, 3.63) is 21.7 Å².